The molecule has 0 saturated carbocycles. The molecule has 0 amide bonds. The number of hydrogen-bond acceptors (Lipinski definition) is 7. The summed E-state index contributed by atoms with van der Waals surface area (Å²) in [5, 5.41) is 20.6. The van der Waals surface area contributed by atoms with E-state index in [0.29, 0.717) is 16.9 Å². The minimum Gasteiger partial charge on any atom is -0.504 e. The zero-order chi connectivity index (χ0) is 21.4. The Bertz CT molecular complexity index is 993. The van der Waals surface area contributed by atoms with Crippen molar-refractivity contribution in [2.45, 2.75) is 6.42 Å². The first-order chi connectivity index (χ1) is 13.8. The van der Waals surface area contributed by atoms with Crippen LogP contribution in [0, 0.1) is 10.1 Å². The zero-order valence-corrected chi connectivity index (χ0v) is 15.8. The largest absolute Gasteiger partial charge is 0.504 e. The number of hydrogen-bond donors (Lipinski definition) is 1. The van der Waals surface area contributed by atoms with Crippen LogP contribution in [0.2, 0.25) is 0 Å². The van der Waals surface area contributed by atoms with Gasteiger partial charge in [0.05, 0.1) is 25.6 Å². The second kappa shape index (κ2) is 9.84. The Morgan fingerprint density at radius 2 is 1.52 bits per heavy atom. The van der Waals surface area contributed by atoms with Gasteiger partial charge in [0.15, 0.2) is 28.8 Å². The van der Waals surface area contributed by atoms with Gasteiger partial charge in [-0.25, -0.2) is 0 Å². The summed E-state index contributed by atoms with van der Waals surface area (Å²) in [6, 6.07) is 8.84. The van der Waals surface area contributed by atoms with E-state index < -0.39 is 16.5 Å². The van der Waals surface area contributed by atoms with Gasteiger partial charge in [-0.2, -0.15) is 0 Å². The molecule has 0 aliphatic carbocycles. The molecule has 2 rings (SSSR count). The summed E-state index contributed by atoms with van der Waals surface area (Å²) in [5.41, 5.74) is 0.927. The first-order valence-corrected chi connectivity index (χ1v) is 8.45. The number of ether oxygens (including phenoxy) is 2. The minimum absolute atomic E-state index is 0.0559. The number of methoxy groups -OCH3 is 2. The Morgan fingerprint density at radius 1 is 0.966 bits per heavy atom. The average Bonchev–Trinajstić information content (AvgIpc) is 2.70. The molecular formula is C21H19NO7. The number of allylic oxidation sites excluding steroid dienone is 2. The molecule has 29 heavy (non-hydrogen) atoms. The van der Waals surface area contributed by atoms with E-state index in [1.54, 1.807) is 12.1 Å². The molecule has 0 bridgehead atoms. The van der Waals surface area contributed by atoms with Crippen molar-refractivity contribution in [1.82, 2.24) is 0 Å². The second-order valence-corrected chi connectivity index (χ2v) is 5.90. The Labute approximate surface area is 166 Å². The average molecular weight is 397 g/mol. The van der Waals surface area contributed by atoms with Crippen LogP contribution in [0.4, 0.5) is 5.69 Å². The van der Waals surface area contributed by atoms with Gasteiger partial charge >= 0.3 is 5.69 Å². The molecule has 0 aromatic heterocycles. The van der Waals surface area contributed by atoms with Gasteiger partial charge in [0, 0.05) is 6.07 Å². The third kappa shape index (κ3) is 6.03. The van der Waals surface area contributed by atoms with Crippen LogP contribution in [0.3, 0.4) is 0 Å². The Balaban J connectivity index is 1.98. The van der Waals surface area contributed by atoms with Crippen LogP contribution >= 0.6 is 0 Å². The number of phenolic OH excluding ortho intramolecular Hbond substituents is 1. The number of nitro benzene ring substituents is 1. The van der Waals surface area contributed by atoms with Crippen LogP contribution < -0.4 is 9.47 Å². The van der Waals surface area contributed by atoms with Crippen molar-refractivity contribution < 1.29 is 29.1 Å². The molecule has 8 heteroatoms. The van der Waals surface area contributed by atoms with Crippen molar-refractivity contribution in [3.63, 3.8) is 0 Å². The van der Waals surface area contributed by atoms with E-state index in [1.165, 1.54) is 62.8 Å². The van der Waals surface area contributed by atoms with Crippen LogP contribution in [-0.4, -0.2) is 35.8 Å². The van der Waals surface area contributed by atoms with Gasteiger partial charge in [0.2, 0.25) is 0 Å². The van der Waals surface area contributed by atoms with Crippen molar-refractivity contribution in [2.75, 3.05) is 14.2 Å². The predicted molar refractivity (Wildman–Crippen MR) is 107 cm³/mol. The number of aromatic hydroxyl groups is 1. The first-order valence-electron chi connectivity index (χ1n) is 8.45. The van der Waals surface area contributed by atoms with E-state index >= 15 is 0 Å². The highest BCUT2D eigenvalue weighted by Crippen LogP contribution is 2.28. The number of carbonyl (C=O) groups is 2. The number of phenols is 1. The summed E-state index contributed by atoms with van der Waals surface area (Å²) in [4.78, 5) is 34.2. The van der Waals surface area contributed by atoms with Crippen LogP contribution in [-0.2, 0) is 9.59 Å². The van der Waals surface area contributed by atoms with Crippen molar-refractivity contribution in [1.29, 1.82) is 0 Å². The van der Waals surface area contributed by atoms with Gasteiger partial charge in [-0.3, -0.25) is 19.7 Å². The highest BCUT2D eigenvalue weighted by molar-refractivity contribution is 6.10. The summed E-state index contributed by atoms with van der Waals surface area (Å²) in [6.45, 7) is 0. The van der Waals surface area contributed by atoms with Crippen molar-refractivity contribution in [2.24, 2.45) is 0 Å². The molecule has 0 aliphatic heterocycles. The lowest BCUT2D eigenvalue weighted by Crippen LogP contribution is -2.02. The number of rotatable bonds is 9. The lowest BCUT2D eigenvalue weighted by molar-refractivity contribution is -0.385. The zero-order valence-electron chi connectivity index (χ0n) is 15.8. The molecule has 1 N–H and O–H groups in total. The van der Waals surface area contributed by atoms with Crippen molar-refractivity contribution in [3.05, 3.63) is 69.8 Å². The minimum atomic E-state index is -0.564. The SMILES string of the molecule is COc1ccc(/C=C/C(=O)CC(=O)/C=C/c2ccc([N+](=O)[O-])c(OC)c2)cc1O. The van der Waals surface area contributed by atoms with E-state index in [9.17, 15) is 24.8 Å². The lowest BCUT2D eigenvalue weighted by atomic mass is 10.1. The normalized spacial score (nSPS) is 11.0. The standard InChI is InChI=1S/C21H19NO7/c1-28-20-10-6-14(11-19(20)25)3-7-16(23)13-17(24)8-4-15-5-9-18(22(26)27)21(12-15)29-2/h3-12,25H,13H2,1-2H3/b7-3+,8-4+. The summed E-state index contributed by atoms with van der Waals surface area (Å²) in [7, 11) is 2.74. The number of benzene rings is 2. The summed E-state index contributed by atoms with van der Waals surface area (Å²) in [6.07, 6.45) is 5.08. The summed E-state index contributed by atoms with van der Waals surface area (Å²) < 4.78 is 9.91. The van der Waals surface area contributed by atoms with Crippen LogP contribution in [0.25, 0.3) is 12.2 Å². The highest BCUT2D eigenvalue weighted by Gasteiger charge is 2.14. The molecule has 0 spiro atoms. The fourth-order valence-corrected chi connectivity index (χ4v) is 2.43. The quantitative estimate of drug-likeness (QED) is 0.297. The maximum atomic E-state index is 12.0. The summed E-state index contributed by atoms with van der Waals surface area (Å²) in [5.74, 6) is -0.492. The molecule has 150 valence electrons. The number of nitrogens with zero attached hydrogens (tertiary/aromatic N) is 1. The Hall–Kier alpha value is -3.94. The first kappa shape index (κ1) is 21.4. The van der Waals surface area contributed by atoms with Crippen LogP contribution in [0.1, 0.15) is 17.5 Å². The van der Waals surface area contributed by atoms with E-state index in [4.69, 9.17) is 9.47 Å². The van der Waals surface area contributed by atoms with Gasteiger partial charge < -0.3 is 14.6 Å². The molecule has 0 radical (unpaired) electrons. The van der Waals surface area contributed by atoms with Crippen molar-refractivity contribution >= 4 is 29.4 Å². The predicted octanol–water partition coefficient (Wildman–Crippen LogP) is 3.57. The molecule has 0 heterocycles. The van der Waals surface area contributed by atoms with Gasteiger partial charge in [0.25, 0.3) is 0 Å². The monoisotopic (exact) mass is 397 g/mol. The molecular weight excluding hydrogens is 378 g/mol. The van der Waals surface area contributed by atoms with Gasteiger partial charge in [-0.1, -0.05) is 18.2 Å². The molecule has 0 aliphatic rings. The van der Waals surface area contributed by atoms with E-state index in [1.807, 2.05) is 0 Å². The van der Waals surface area contributed by atoms with Gasteiger partial charge in [-0.05, 0) is 47.5 Å². The molecule has 8 nitrogen and oxygen atoms in total. The van der Waals surface area contributed by atoms with E-state index in [2.05, 4.69) is 0 Å². The van der Waals surface area contributed by atoms with Crippen LogP contribution in [0.15, 0.2) is 48.6 Å². The third-order valence-corrected chi connectivity index (χ3v) is 3.88. The van der Waals surface area contributed by atoms with Crippen molar-refractivity contribution in [3.8, 4) is 17.2 Å². The Kier molecular flexibility index (Phi) is 7.25. The maximum absolute atomic E-state index is 12.0. The molecule has 2 aromatic rings. The smallest absolute Gasteiger partial charge is 0.310 e. The number of ketones is 2. The number of nitro groups is 1. The fourth-order valence-electron chi connectivity index (χ4n) is 2.43. The van der Waals surface area contributed by atoms with E-state index in [0.717, 1.165) is 0 Å². The molecule has 0 saturated heterocycles. The lowest BCUT2D eigenvalue weighted by Gasteiger charge is -2.03. The van der Waals surface area contributed by atoms with E-state index in [-0.39, 0.29) is 23.6 Å². The number of carbonyl (C=O) groups excluding carboxylic acids is 2. The molecule has 0 atom stereocenters. The molecule has 2 aromatic carbocycles. The maximum Gasteiger partial charge on any atom is 0.310 e. The highest BCUT2D eigenvalue weighted by atomic mass is 16.6. The Morgan fingerprint density at radius 3 is 2.03 bits per heavy atom. The summed E-state index contributed by atoms with van der Waals surface area (Å²) >= 11 is 0. The topological polar surface area (TPSA) is 116 Å². The molecule has 0 fully saturated rings. The third-order valence-electron chi connectivity index (χ3n) is 3.88. The fraction of sp³-hybridized carbons (Fsp3) is 0.143. The van der Waals surface area contributed by atoms with Gasteiger partial charge in [0.1, 0.15) is 0 Å². The van der Waals surface area contributed by atoms with Crippen LogP contribution in [0.5, 0.6) is 17.2 Å². The van der Waals surface area contributed by atoms with Gasteiger partial charge in [-0.15, -0.1) is 0 Å². The second-order valence-electron chi connectivity index (χ2n) is 5.90. The molecule has 0 unspecified atom stereocenters.